The minimum Gasteiger partial charge on any atom is -0.456 e. The van der Waals surface area contributed by atoms with Crippen molar-refractivity contribution in [2.24, 2.45) is 5.73 Å². The third-order valence-corrected chi connectivity index (χ3v) is 5.44. The third kappa shape index (κ3) is 12.9. The summed E-state index contributed by atoms with van der Waals surface area (Å²) in [4.78, 5) is 54.4. The van der Waals surface area contributed by atoms with E-state index in [-0.39, 0.29) is 13.0 Å². The quantitative estimate of drug-likeness (QED) is 0.166. The van der Waals surface area contributed by atoms with E-state index in [0.717, 1.165) is 0 Å². The fourth-order valence-electron chi connectivity index (χ4n) is 4.01. The van der Waals surface area contributed by atoms with Crippen LogP contribution >= 0.6 is 0 Å². The molecule has 0 aliphatic carbocycles. The number of nitrogens with two attached hydrogens (primary N) is 1. The predicted molar refractivity (Wildman–Crippen MR) is 151 cm³/mol. The van der Waals surface area contributed by atoms with E-state index in [2.05, 4.69) is 0 Å². The van der Waals surface area contributed by atoms with Crippen LogP contribution in [0, 0.1) is 0 Å². The Hall–Kier alpha value is -2.98. The molecule has 0 radical (unpaired) electrons. The molecular formula is C30H49N2O8+. The van der Waals surface area contributed by atoms with Crippen LogP contribution in [0.1, 0.15) is 87.1 Å². The number of benzene rings is 1. The molecule has 10 nitrogen and oxygen atoms in total. The molecule has 0 bridgehead atoms. The van der Waals surface area contributed by atoms with Gasteiger partial charge in [-0.1, -0.05) is 30.3 Å². The molecule has 2 N–H and O–H groups in total. The summed E-state index contributed by atoms with van der Waals surface area (Å²) < 4.78 is 21.5. The number of nitrogens with zero attached hydrogens (tertiary/aromatic N) is 1. The zero-order valence-electron chi connectivity index (χ0n) is 25.7. The van der Waals surface area contributed by atoms with Crippen LogP contribution in [0.5, 0.6) is 0 Å². The lowest BCUT2D eigenvalue weighted by Crippen LogP contribution is -2.67. The monoisotopic (exact) mass is 565 g/mol. The number of carbonyl (C=O) groups is 4. The molecule has 0 unspecified atom stereocenters. The standard InChI is InChI=1S/C30H49N2O8/c1-28(2,3)38-24(33)19-32(20-25(34)39-29(4,5)6,27(36)37-21-22-15-11-10-12-16-22)23(17-13-14-18-31)26(35)40-30(7,8)9/h10-12,15-16,23H,13-14,17-21,31H2,1-9H3/q+1/t23-/m0/s1. The number of ether oxygens (including phenoxy) is 4. The highest BCUT2D eigenvalue weighted by Gasteiger charge is 2.55. The Bertz CT molecular complexity index is 958. The molecule has 0 heterocycles. The molecule has 0 saturated heterocycles. The van der Waals surface area contributed by atoms with Gasteiger partial charge in [0.25, 0.3) is 0 Å². The van der Waals surface area contributed by atoms with Gasteiger partial charge in [-0.05, 0) is 87.3 Å². The summed E-state index contributed by atoms with van der Waals surface area (Å²) in [6, 6.07) is 7.69. The van der Waals surface area contributed by atoms with Crippen LogP contribution < -0.4 is 5.73 Å². The minimum absolute atomic E-state index is 0.109. The van der Waals surface area contributed by atoms with Gasteiger partial charge in [-0.15, -0.1) is 0 Å². The topological polar surface area (TPSA) is 131 Å². The van der Waals surface area contributed by atoms with E-state index in [0.29, 0.717) is 24.9 Å². The van der Waals surface area contributed by atoms with Crippen LogP contribution in [0.4, 0.5) is 4.79 Å². The van der Waals surface area contributed by atoms with E-state index in [1.165, 1.54) is 0 Å². The van der Waals surface area contributed by atoms with Crippen LogP contribution in [-0.2, 0) is 39.9 Å². The Kier molecular flexibility index (Phi) is 12.8. The molecule has 0 saturated carbocycles. The maximum absolute atomic E-state index is 14.1. The number of hydrogen-bond acceptors (Lipinski definition) is 9. The zero-order chi connectivity index (χ0) is 30.8. The summed E-state index contributed by atoms with van der Waals surface area (Å²) >= 11 is 0. The van der Waals surface area contributed by atoms with Crippen molar-refractivity contribution < 1.29 is 42.6 Å². The van der Waals surface area contributed by atoms with Crippen LogP contribution in [0.2, 0.25) is 0 Å². The number of quaternary nitrogens is 1. The minimum atomic E-state index is -1.27. The number of rotatable bonds is 12. The molecule has 0 aromatic heterocycles. The Morgan fingerprint density at radius 1 is 0.750 bits per heavy atom. The van der Waals surface area contributed by atoms with Gasteiger partial charge in [0.05, 0.1) is 0 Å². The van der Waals surface area contributed by atoms with Gasteiger partial charge in [0.2, 0.25) is 0 Å². The van der Waals surface area contributed by atoms with E-state index >= 15 is 0 Å². The summed E-state index contributed by atoms with van der Waals surface area (Å²) in [5, 5.41) is 0. The Morgan fingerprint density at radius 2 is 1.23 bits per heavy atom. The van der Waals surface area contributed by atoms with Gasteiger partial charge in [-0.25, -0.2) is 14.4 Å². The average Bonchev–Trinajstić information content (AvgIpc) is 2.76. The van der Waals surface area contributed by atoms with Crippen molar-refractivity contribution in [2.45, 2.75) is 111 Å². The van der Waals surface area contributed by atoms with Crippen LogP contribution in [0.15, 0.2) is 30.3 Å². The van der Waals surface area contributed by atoms with Crippen molar-refractivity contribution in [3.05, 3.63) is 35.9 Å². The summed E-state index contributed by atoms with van der Waals surface area (Å²) in [6.07, 6.45) is 0.161. The van der Waals surface area contributed by atoms with Gasteiger partial charge in [0.1, 0.15) is 23.4 Å². The molecule has 1 aromatic carbocycles. The van der Waals surface area contributed by atoms with Gasteiger partial charge in [-0.2, -0.15) is 9.28 Å². The normalized spacial score (nSPS) is 13.2. The van der Waals surface area contributed by atoms with Crippen molar-refractivity contribution in [3.63, 3.8) is 0 Å². The van der Waals surface area contributed by atoms with E-state index in [4.69, 9.17) is 24.7 Å². The molecule has 0 aliphatic heterocycles. The van der Waals surface area contributed by atoms with Crippen LogP contribution in [0.3, 0.4) is 0 Å². The molecule has 1 rings (SSSR count). The van der Waals surface area contributed by atoms with Crippen molar-refractivity contribution in [3.8, 4) is 0 Å². The highest BCUT2D eigenvalue weighted by Crippen LogP contribution is 2.27. The Labute approximate surface area is 239 Å². The first-order valence-corrected chi connectivity index (χ1v) is 13.7. The predicted octanol–water partition coefficient (Wildman–Crippen LogP) is 4.66. The maximum atomic E-state index is 14.1. The summed E-state index contributed by atoms with van der Waals surface area (Å²) in [7, 11) is 0. The van der Waals surface area contributed by atoms with Crippen molar-refractivity contribution in [1.29, 1.82) is 0 Å². The van der Waals surface area contributed by atoms with Gasteiger partial charge in [0, 0.05) is 6.42 Å². The van der Waals surface area contributed by atoms with E-state index < -0.39 is 64.4 Å². The summed E-state index contributed by atoms with van der Waals surface area (Å²) in [5.41, 5.74) is 3.75. The van der Waals surface area contributed by atoms with Crippen molar-refractivity contribution >= 4 is 24.0 Å². The molecule has 40 heavy (non-hydrogen) atoms. The second-order valence-corrected chi connectivity index (χ2v) is 12.9. The number of hydrogen-bond donors (Lipinski definition) is 1. The maximum Gasteiger partial charge on any atom is 0.517 e. The number of carbonyl (C=O) groups excluding carboxylic acids is 4. The van der Waals surface area contributed by atoms with Crippen LogP contribution in [0.25, 0.3) is 0 Å². The molecular weight excluding hydrogens is 516 g/mol. The van der Waals surface area contributed by atoms with E-state index in [9.17, 15) is 19.2 Å². The lowest BCUT2D eigenvalue weighted by atomic mass is 10.0. The molecule has 0 spiro atoms. The first-order valence-electron chi connectivity index (χ1n) is 13.7. The fourth-order valence-corrected chi connectivity index (χ4v) is 4.01. The summed E-state index contributed by atoms with van der Waals surface area (Å²) in [5.74, 6) is -2.30. The smallest absolute Gasteiger partial charge is 0.456 e. The van der Waals surface area contributed by atoms with Crippen LogP contribution in [-0.4, -0.2) is 71.0 Å². The lowest BCUT2D eigenvalue weighted by Gasteiger charge is -2.39. The second-order valence-electron chi connectivity index (χ2n) is 12.9. The second kappa shape index (κ2) is 14.6. The molecule has 10 heteroatoms. The lowest BCUT2D eigenvalue weighted by molar-refractivity contribution is -0.861. The SMILES string of the molecule is CC(C)(C)OC(=O)C[N+](CC(=O)OC(C)(C)C)(C(=O)OCc1ccccc1)[C@@H](CCCCN)C(=O)OC(C)(C)C. The first kappa shape index (κ1) is 35.0. The molecule has 0 fully saturated rings. The Balaban J connectivity index is 3.73. The zero-order valence-corrected chi connectivity index (χ0v) is 25.7. The largest absolute Gasteiger partial charge is 0.517 e. The molecule has 0 aliphatic rings. The molecule has 1 amide bonds. The van der Waals surface area contributed by atoms with Gasteiger partial charge in [0.15, 0.2) is 19.1 Å². The molecule has 1 atom stereocenters. The summed E-state index contributed by atoms with van der Waals surface area (Å²) in [6.45, 7) is 14.2. The number of unbranched alkanes of at least 4 members (excludes halogenated alkanes) is 1. The van der Waals surface area contributed by atoms with E-state index in [1.54, 1.807) is 86.6 Å². The van der Waals surface area contributed by atoms with Crippen molar-refractivity contribution in [2.75, 3.05) is 19.6 Å². The third-order valence-electron chi connectivity index (χ3n) is 5.44. The Morgan fingerprint density at radius 3 is 1.65 bits per heavy atom. The average molecular weight is 566 g/mol. The molecule has 226 valence electrons. The van der Waals surface area contributed by atoms with E-state index in [1.807, 2.05) is 6.07 Å². The highest BCUT2D eigenvalue weighted by molar-refractivity contribution is 5.82. The molecule has 1 aromatic rings. The van der Waals surface area contributed by atoms with Gasteiger partial charge >= 0.3 is 24.0 Å². The highest BCUT2D eigenvalue weighted by atomic mass is 16.6. The fraction of sp³-hybridized carbons (Fsp3) is 0.667. The van der Waals surface area contributed by atoms with Gasteiger partial charge < -0.3 is 24.7 Å². The van der Waals surface area contributed by atoms with Gasteiger partial charge in [-0.3, -0.25) is 0 Å². The number of esters is 3. The van der Waals surface area contributed by atoms with Crippen molar-refractivity contribution in [1.82, 2.24) is 0 Å². The number of amides is 1. The first-order chi connectivity index (χ1) is 18.3.